The molecule has 0 saturated carbocycles. The third kappa shape index (κ3) is 10.3. The lowest BCUT2D eigenvalue weighted by Crippen LogP contribution is -2.52. The zero-order chi connectivity index (χ0) is 30.1. The number of carbonyl (C=O) groups excluding carboxylic acids is 4. The summed E-state index contributed by atoms with van der Waals surface area (Å²) in [6.45, 7) is 0.699. The van der Waals surface area contributed by atoms with Crippen molar-refractivity contribution in [3.63, 3.8) is 0 Å². The zero-order valence-corrected chi connectivity index (χ0v) is 22.6. The van der Waals surface area contributed by atoms with Gasteiger partial charge in [0.25, 0.3) is 5.91 Å². The van der Waals surface area contributed by atoms with Crippen molar-refractivity contribution in [1.29, 1.82) is 0 Å². The quantitative estimate of drug-likeness (QED) is 0.237. The monoisotopic (exact) mass is 588 g/mol. The molecule has 0 aliphatic heterocycles. The van der Waals surface area contributed by atoms with E-state index < -0.39 is 66.3 Å². The van der Waals surface area contributed by atoms with Crippen LogP contribution in [0, 0.1) is 11.8 Å². The predicted octanol–water partition coefficient (Wildman–Crippen LogP) is 5.11. The minimum atomic E-state index is -4.96. The number of halogens is 6. The van der Waals surface area contributed by atoms with Gasteiger partial charge in [-0.25, -0.2) is 0 Å². The molecule has 0 bridgehead atoms. The lowest BCUT2D eigenvalue weighted by molar-refractivity contribution is -0.167. The van der Waals surface area contributed by atoms with E-state index in [0.29, 0.717) is 17.0 Å². The van der Waals surface area contributed by atoms with E-state index in [4.69, 9.17) is 11.6 Å². The van der Waals surface area contributed by atoms with Crippen LogP contribution in [0.4, 0.5) is 22.0 Å². The Hall–Kier alpha value is -3.34. The van der Waals surface area contributed by atoms with Crippen molar-refractivity contribution < 1.29 is 41.1 Å². The Kier molecular flexibility index (Phi) is 11.8. The molecule has 218 valence electrons. The predicted molar refractivity (Wildman–Crippen MR) is 139 cm³/mol. The zero-order valence-electron chi connectivity index (χ0n) is 21.9. The van der Waals surface area contributed by atoms with Crippen LogP contribution in [0.2, 0.25) is 5.02 Å². The molecule has 0 aliphatic rings. The molecule has 0 spiro atoms. The second-order valence-electron chi connectivity index (χ2n) is 9.70. The van der Waals surface area contributed by atoms with Gasteiger partial charge >= 0.3 is 12.1 Å². The molecule has 0 saturated heterocycles. The van der Waals surface area contributed by atoms with Crippen molar-refractivity contribution in [1.82, 2.24) is 10.6 Å². The van der Waals surface area contributed by atoms with Gasteiger partial charge in [0.1, 0.15) is 6.54 Å². The molecular weight excluding hydrogens is 559 g/mol. The van der Waals surface area contributed by atoms with Gasteiger partial charge < -0.3 is 10.6 Å². The van der Waals surface area contributed by atoms with E-state index in [1.807, 2.05) is 0 Å². The van der Waals surface area contributed by atoms with Crippen LogP contribution in [0.15, 0.2) is 54.6 Å². The fourth-order valence-corrected chi connectivity index (χ4v) is 4.15. The average Bonchev–Trinajstić information content (AvgIpc) is 2.88. The van der Waals surface area contributed by atoms with Crippen molar-refractivity contribution in [2.24, 2.45) is 11.8 Å². The van der Waals surface area contributed by atoms with E-state index in [9.17, 15) is 41.1 Å². The highest BCUT2D eigenvalue weighted by Gasteiger charge is 2.51. The minimum absolute atomic E-state index is 0.00401. The highest BCUT2D eigenvalue weighted by atomic mass is 35.5. The summed E-state index contributed by atoms with van der Waals surface area (Å²) in [5, 5.41) is 4.11. The topological polar surface area (TPSA) is 92.3 Å². The first-order valence-corrected chi connectivity index (χ1v) is 12.9. The molecule has 2 aromatic carbocycles. The van der Waals surface area contributed by atoms with E-state index in [0.717, 1.165) is 10.9 Å². The number of rotatable bonds is 14. The SMILES string of the molecule is CC(C)[C@H](CC(=O)[C@H](Cc1ccccc1)NC(=O)CCc1cccc(Cl)c1)C(=O)C(F)(F)C(=O)NCC(F)(F)F. The number of hydrogen-bond acceptors (Lipinski definition) is 4. The first kappa shape index (κ1) is 32.9. The van der Waals surface area contributed by atoms with Crippen LogP contribution >= 0.6 is 11.6 Å². The van der Waals surface area contributed by atoms with Crippen LogP contribution in [0.1, 0.15) is 37.8 Å². The molecule has 2 N–H and O–H groups in total. The summed E-state index contributed by atoms with van der Waals surface area (Å²) < 4.78 is 66.3. The highest BCUT2D eigenvalue weighted by Crippen LogP contribution is 2.28. The third-order valence-electron chi connectivity index (χ3n) is 6.14. The molecule has 0 unspecified atom stereocenters. The van der Waals surface area contributed by atoms with Crippen LogP contribution in [0.5, 0.6) is 0 Å². The summed E-state index contributed by atoms with van der Waals surface area (Å²) in [5.74, 6) is -13.0. The number of benzene rings is 2. The van der Waals surface area contributed by atoms with Crippen molar-refractivity contribution in [3.8, 4) is 0 Å². The molecule has 0 aliphatic carbocycles. The maximum atomic E-state index is 14.6. The van der Waals surface area contributed by atoms with Crippen molar-refractivity contribution in [2.75, 3.05) is 6.54 Å². The van der Waals surface area contributed by atoms with Crippen molar-refractivity contribution in [2.45, 2.75) is 57.7 Å². The number of alkyl halides is 5. The van der Waals surface area contributed by atoms with Crippen molar-refractivity contribution in [3.05, 3.63) is 70.7 Å². The second kappa shape index (κ2) is 14.3. The summed E-state index contributed by atoms with van der Waals surface area (Å²) >= 11 is 5.96. The number of carbonyl (C=O) groups is 4. The Balaban J connectivity index is 2.19. The standard InChI is InChI=1S/C28H30ClF5N2O4/c1-17(2)21(25(39)28(33,34)26(40)35-16-27(30,31)32)15-23(37)22(14-18-7-4-3-5-8-18)36-24(38)12-11-19-9-6-10-20(29)13-19/h3-10,13,17,21-22H,11-12,14-16H2,1-2H3,(H,35,40)(H,36,38)/t21-,22-/m0/s1. The molecule has 0 radical (unpaired) electrons. The van der Waals surface area contributed by atoms with Gasteiger partial charge in [-0.15, -0.1) is 0 Å². The number of nitrogens with one attached hydrogen (secondary N) is 2. The van der Waals surface area contributed by atoms with Gasteiger partial charge in [-0.1, -0.05) is 67.9 Å². The number of aryl methyl sites for hydroxylation is 1. The smallest absolute Gasteiger partial charge is 0.346 e. The van der Waals surface area contributed by atoms with Gasteiger partial charge in [0.2, 0.25) is 11.7 Å². The summed E-state index contributed by atoms with van der Waals surface area (Å²) in [6, 6.07) is 14.2. The number of amides is 2. The maximum absolute atomic E-state index is 14.6. The van der Waals surface area contributed by atoms with Gasteiger partial charge in [-0.05, 0) is 42.0 Å². The second-order valence-corrected chi connectivity index (χ2v) is 10.1. The number of ketones is 2. The molecule has 12 heteroatoms. The highest BCUT2D eigenvalue weighted by molar-refractivity contribution is 6.30. The van der Waals surface area contributed by atoms with Gasteiger partial charge in [0.15, 0.2) is 5.78 Å². The van der Waals surface area contributed by atoms with E-state index in [1.54, 1.807) is 54.6 Å². The molecule has 6 nitrogen and oxygen atoms in total. The first-order valence-electron chi connectivity index (χ1n) is 12.5. The number of Topliss-reactive ketones (excluding diaryl/α,β-unsaturated/α-hetero) is 2. The van der Waals surface area contributed by atoms with E-state index in [2.05, 4.69) is 5.32 Å². The largest absolute Gasteiger partial charge is 0.405 e. The normalized spacial score (nSPS) is 13.4. The number of hydrogen-bond donors (Lipinski definition) is 2. The molecule has 2 atom stereocenters. The molecule has 40 heavy (non-hydrogen) atoms. The Morgan fingerprint density at radius 1 is 0.900 bits per heavy atom. The van der Waals surface area contributed by atoms with E-state index >= 15 is 0 Å². The molecule has 2 aromatic rings. The summed E-state index contributed by atoms with van der Waals surface area (Å²) in [5.41, 5.74) is 1.44. The Morgan fingerprint density at radius 3 is 2.10 bits per heavy atom. The van der Waals surface area contributed by atoms with Crippen LogP contribution in [0.25, 0.3) is 0 Å². The molecule has 0 fully saturated rings. The Bertz CT molecular complexity index is 1190. The average molecular weight is 589 g/mol. The van der Waals surface area contributed by atoms with Gasteiger partial charge in [0.05, 0.1) is 6.04 Å². The van der Waals surface area contributed by atoms with E-state index in [-0.39, 0.29) is 12.8 Å². The Morgan fingerprint density at radius 2 is 1.52 bits per heavy atom. The van der Waals surface area contributed by atoms with Crippen LogP contribution in [-0.4, -0.2) is 48.1 Å². The van der Waals surface area contributed by atoms with Gasteiger partial charge in [-0.3, -0.25) is 19.2 Å². The molecular formula is C28H30ClF5N2O4. The maximum Gasteiger partial charge on any atom is 0.405 e. The molecule has 2 rings (SSSR count). The molecule has 2 amide bonds. The van der Waals surface area contributed by atoms with Crippen molar-refractivity contribution >= 4 is 35.0 Å². The fourth-order valence-electron chi connectivity index (χ4n) is 3.94. The lowest BCUT2D eigenvalue weighted by Gasteiger charge is -2.26. The first-order chi connectivity index (χ1) is 18.6. The van der Waals surface area contributed by atoms with Gasteiger partial charge in [-0.2, -0.15) is 22.0 Å². The summed E-state index contributed by atoms with van der Waals surface area (Å²) in [7, 11) is 0. The third-order valence-corrected chi connectivity index (χ3v) is 6.38. The molecule has 0 aromatic heterocycles. The van der Waals surface area contributed by atoms with E-state index in [1.165, 1.54) is 13.8 Å². The Labute approximate surface area is 233 Å². The summed E-state index contributed by atoms with van der Waals surface area (Å²) in [4.78, 5) is 50.4. The summed E-state index contributed by atoms with van der Waals surface area (Å²) in [6.07, 6.45) is -5.42. The molecule has 0 heterocycles. The van der Waals surface area contributed by atoms with Crippen LogP contribution < -0.4 is 10.6 Å². The fraction of sp³-hybridized carbons (Fsp3) is 0.429. The minimum Gasteiger partial charge on any atom is -0.346 e. The van der Waals surface area contributed by atoms with Gasteiger partial charge in [0, 0.05) is 23.8 Å². The lowest BCUT2D eigenvalue weighted by atomic mass is 9.82. The van der Waals surface area contributed by atoms with Crippen LogP contribution in [0.3, 0.4) is 0 Å². The van der Waals surface area contributed by atoms with Crippen LogP contribution in [-0.2, 0) is 32.0 Å².